The molecule has 2 heterocycles. The van der Waals surface area contributed by atoms with Gasteiger partial charge in [0.2, 0.25) is 5.91 Å². The first-order valence-corrected chi connectivity index (χ1v) is 9.79. The highest BCUT2D eigenvalue weighted by atomic mass is 35.5. The Labute approximate surface area is 173 Å². The van der Waals surface area contributed by atoms with Gasteiger partial charge in [0.1, 0.15) is 0 Å². The number of piperidine rings is 1. The summed E-state index contributed by atoms with van der Waals surface area (Å²) >= 11 is 5.94. The normalized spacial score (nSPS) is 17.6. The number of carbonyl (C=O) groups is 2. The fraction of sp³-hybridized carbons (Fsp3) is 0.286. The second-order valence-corrected chi connectivity index (χ2v) is 7.60. The van der Waals surface area contributed by atoms with Crippen molar-refractivity contribution in [3.8, 4) is 0 Å². The summed E-state index contributed by atoms with van der Waals surface area (Å²) in [6.45, 7) is 2.54. The minimum atomic E-state index is -0.652. The Bertz CT molecular complexity index is 949. The Morgan fingerprint density at radius 2 is 1.76 bits per heavy atom. The van der Waals surface area contributed by atoms with Gasteiger partial charge < -0.3 is 10.2 Å². The van der Waals surface area contributed by atoms with Gasteiger partial charge in [-0.3, -0.25) is 9.59 Å². The lowest BCUT2D eigenvalue weighted by molar-refractivity contribution is -0.114. The number of hydrogen-bond donors (Lipinski definition) is 2. The third-order valence-corrected chi connectivity index (χ3v) is 5.31. The van der Waals surface area contributed by atoms with Gasteiger partial charge in [-0.1, -0.05) is 11.6 Å². The average Bonchev–Trinajstić information content (AvgIpc) is 3.12. The zero-order valence-electron chi connectivity index (χ0n) is 15.9. The number of nitrogens with zero attached hydrogens (tertiary/aromatic N) is 2. The van der Waals surface area contributed by atoms with Crippen molar-refractivity contribution in [2.75, 3.05) is 18.4 Å². The van der Waals surface area contributed by atoms with Crippen molar-refractivity contribution in [3.63, 3.8) is 0 Å². The van der Waals surface area contributed by atoms with E-state index >= 15 is 0 Å². The van der Waals surface area contributed by atoms with Crippen LogP contribution in [0.5, 0.6) is 0 Å². The average molecular weight is 413 g/mol. The predicted molar refractivity (Wildman–Crippen MR) is 111 cm³/mol. The first-order chi connectivity index (χ1) is 13.9. The molecule has 0 unspecified atom stereocenters. The number of amidine groups is 1. The number of benzene rings is 2. The highest BCUT2D eigenvalue weighted by Crippen LogP contribution is 2.31. The second kappa shape index (κ2) is 7.85. The molecule has 0 saturated carbocycles. The maximum absolute atomic E-state index is 12.8. The Morgan fingerprint density at radius 1 is 1.10 bits per heavy atom. The summed E-state index contributed by atoms with van der Waals surface area (Å²) in [5, 5.41) is 3.36. The smallest absolute Gasteiger partial charge is 0.253 e. The zero-order chi connectivity index (χ0) is 20.4. The lowest BCUT2D eigenvalue weighted by Crippen LogP contribution is -2.46. The molecule has 1 saturated heterocycles. The number of likely N-dealkylation sites (tertiary alicyclic amines) is 1. The molecule has 2 aromatic carbocycles. The number of hydrogen-bond acceptors (Lipinski definition) is 5. The van der Waals surface area contributed by atoms with Gasteiger partial charge in [-0.15, -0.1) is 0 Å². The molecule has 4 rings (SSSR count). The summed E-state index contributed by atoms with van der Waals surface area (Å²) in [6.07, 6.45) is 1.21. The van der Waals surface area contributed by atoms with Crippen LogP contribution in [0.15, 0.2) is 53.5 Å². The van der Waals surface area contributed by atoms with Gasteiger partial charge in [0.15, 0.2) is 11.6 Å². The van der Waals surface area contributed by atoms with Crippen molar-refractivity contribution in [1.82, 2.24) is 10.4 Å². The van der Waals surface area contributed by atoms with E-state index in [0.29, 0.717) is 48.0 Å². The summed E-state index contributed by atoms with van der Waals surface area (Å²) < 4.78 is 0. The molecular weight excluding hydrogens is 392 g/mol. The molecule has 2 aromatic rings. The Balaban J connectivity index is 1.39. The number of rotatable bonds is 3. The van der Waals surface area contributed by atoms with E-state index in [4.69, 9.17) is 21.4 Å². The van der Waals surface area contributed by atoms with Crippen molar-refractivity contribution in [1.29, 1.82) is 0 Å². The summed E-state index contributed by atoms with van der Waals surface area (Å²) in [4.78, 5) is 36.2. The van der Waals surface area contributed by atoms with Crippen LogP contribution in [0.25, 0.3) is 0 Å². The number of anilines is 1. The molecule has 29 heavy (non-hydrogen) atoms. The molecule has 0 bridgehead atoms. The van der Waals surface area contributed by atoms with Crippen LogP contribution in [-0.2, 0) is 9.63 Å². The number of aliphatic imine (C=N–C) groups is 1. The largest absolute Gasteiger partial charge is 0.338 e. The molecule has 8 heteroatoms. The topological polar surface area (TPSA) is 83.0 Å². The van der Waals surface area contributed by atoms with Crippen molar-refractivity contribution < 1.29 is 14.4 Å². The molecular formula is C21H21ClN4O3. The number of hydroxylamine groups is 1. The SMILES string of the molecule is CC(=O)Nc1ccc(C(=O)N2CCC3(CC2)N=C(c2ccc(Cl)cc2)NO3)cc1. The van der Waals surface area contributed by atoms with Crippen LogP contribution in [0, 0.1) is 0 Å². The summed E-state index contributed by atoms with van der Waals surface area (Å²) in [6, 6.07) is 14.3. The maximum atomic E-state index is 12.8. The van der Waals surface area contributed by atoms with E-state index in [-0.39, 0.29) is 11.8 Å². The van der Waals surface area contributed by atoms with Gasteiger partial charge in [-0.25, -0.2) is 15.3 Å². The molecule has 2 amide bonds. The maximum Gasteiger partial charge on any atom is 0.253 e. The van der Waals surface area contributed by atoms with Gasteiger partial charge in [0.05, 0.1) is 0 Å². The van der Waals surface area contributed by atoms with Crippen LogP contribution in [0.2, 0.25) is 5.02 Å². The molecule has 1 spiro atoms. The van der Waals surface area contributed by atoms with E-state index in [9.17, 15) is 9.59 Å². The standard InChI is InChI=1S/C21H21ClN4O3/c1-14(27)23-18-8-4-16(5-9-18)20(28)26-12-10-21(11-13-26)24-19(25-29-21)15-2-6-17(22)7-3-15/h2-9H,10-13H2,1H3,(H,23,27)(H,24,25). The summed E-state index contributed by atoms with van der Waals surface area (Å²) in [5.74, 6) is 0.492. The number of nitrogens with one attached hydrogen (secondary N) is 2. The minimum Gasteiger partial charge on any atom is -0.338 e. The molecule has 2 N–H and O–H groups in total. The quantitative estimate of drug-likeness (QED) is 0.810. The predicted octanol–water partition coefficient (Wildman–Crippen LogP) is 3.21. The summed E-state index contributed by atoms with van der Waals surface area (Å²) in [5.41, 5.74) is 4.43. The fourth-order valence-corrected chi connectivity index (χ4v) is 3.61. The fourth-order valence-electron chi connectivity index (χ4n) is 3.48. The third kappa shape index (κ3) is 4.26. The molecule has 150 valence electrons. The summed E-state index contributed by atoms with van der Waals surface area (Å²) in [7, 11) is 0. The molecule has 7 nitrogen and oxygen atoms in total. The van der Waals surface area contributed by atoms with E-state index < -0.39 is 5.72 Å². The van der Waals surface area contributed by atoms with Gasteiger partial charge in [0.25, 0.3) is 5.91 Å². The molecule has 2 aliphatic rings. The highest BCUT2D eigenvalue weighted by molar-refractivity contribution is 6.30. The van der Waals surface area contributed by atoms with Crippen molar-refractivity contribution in [2.24, 2.45) is 4.99 Å². The molecule has 0 radical (unpaired) electrons. The van der Waals surface area contributed by atoms with E-state index in [2.05, 4.69) is 10.8 Å². The number of halogens is 1. The van der Waals surface area contributed by atoms with Crippen molar-refractivity contribution >= 4 is 34.9 Å². The van der Waals surface area contributed by atoms with E-state index in [1.807, 2.05) is 24.3 Å². The van der Waals surface area contributed by atoms with Gasteiger partial charge in [-0.2, -0.15) is 0 Å². The Kier molecular flexibility index (Phi) is 5.25. The van der Waals surface area contributed by atoms with Crippen LogP contribution >= 0.6 is 11.6 Å². The van der Waals surface area contributed by atoms with Gasteiger partial charge in [0, 0.05) is 54.7 Å². The van der Waals surface area contributed by atoms with Gasteiger partial charge in [-0.05, 0) is 48.5 Å². The van der Waals surface area contributed by atoms with Crippen LogP contribution < -0.4 is 10.8 Å². The first kappa shape index (κ1) is 19.4. The van der Waals surface area contributed by atoms with E-state index in [0.717, 1.165) is 5.56 Å². The lowest BCUT2D eigenvalue weighted by Gasteiger charge is -2.35. The molecule has 0 aliphatic carbocycles. The number of amides is 2. The second-order valence-electron chi connectivity index (χ2n) is 7.17. The van der Waals surface area contributed by atoms with E-state index in [1.165, 1.54) is 6.92 Å². The van der Waals surface area contributed by atoms with Crippen LogP contribution in [-0.4, -0.2) is 41.4 Å². The van der Waals surface area contributed by atoms with Crippen molar-refractivity contribution in [3.05, 3.63) is 64.7 Å². The van der Waals surface area contributed by atoms with Gasteiger partial charge >= 0.3 is 0 Å². The third-order valence-electron chi connectivity index (χ3n) is 5.06. The lowest BCUT2D eigenvalue weighted by atomic mass is 10.00. The molecule has 1 fully saturated rings. The highest BCUT2D eigenvalue weighted by Gasteiger charge is 2.41. The molecule has 0 aromatic heterocycles. The van der Waals surface area contributed by atoms with Crippen LogP contribution in [0.4, 0.5) is 5.69 Å². The minimum absolute atomic E-state index is 0.0397. The van der Waals surface area contributed by atoms with Crippen molar-refractivity contribution in [2.45, 2.75) is 25.5 Å². The van der Waals surface area contributed by atoms with E-state index in [1.54, 1.807) is 29.2 Å². The Hall–Kier alpha value is -2.90. The number of carbonyl (C=O) groups excluding carboxylic acids is 2. The zero-order valence-corrected chi connectivity index (χ0v) is 16.7. The monoisotopic (exact) mass is 412 g/mol. The molecule has 2 aliphatic heterocycles. The Morgan fingerprint density at radius 3 is 2.38 bits per heavy atom. The first-order valence-electron chi connectivity index (χ1n) is 9.41. The van der Waals surface area contributed by atoms with Crippen LogP contribution in [0.1, 0.15) is 35.7 Å². The molecule has 0 atom stereocenters. The van der Waals surface area contributed by atoms with Crippen LogP contribution in [0.3, 0.4) is 0 Å².